The molecule has 62 valence electrons. The molecule has 0 fully saturated rings. The highest BCUT2D eigenvalue weighted by Crippen LogP contribution is 2.20. The van der Waals surface area contributed by atoms with Crippen molar-refractivity contribution < 1.29 is 4.79 Å². The van der Waals surface area contributed by atoms with Gasteiger partial charge < -0.3 is 4.98 Å². The van der Waals surface area contributed by atoms with E-state index >= 15 is 0 Å². The first-order chi connectivity index (χ1) is 5.70. The zero-order chi connectivity index (χ0) is 8.72. The first-order valence-corrected chi connectivity index (χ1v) is 4.44. The maximum Gasteiger partial charge on any atom is 0.203 e. The number of carbonyl (C=O) groups is 1. The van der Waals surface area contributed by atoms with Gasteiger partial charge in [-0.1, -0.05) is 0 Å². The van der Waals surface area contributed by atoms with Crippen LogP contribution in [0.25, 0.3) is 0 Å². The van der Waals surface area contributed by atoms with Crippen LogP contribution in [0.4, 0.5) is 0 Å². The van der Waals surface area contributed by atoms with E-state index in [1.54, 1.807) is 13.1 Å². The average molecular weight is 227 g/mol. The third kappa shape index (κ3) is 0.948. The average Bonchev–Trinajstić information content (AvgIpc) is 2.48. The molecule has 0 saturated carbocycles. The number of H-pyrrole nitrogens is 1. The number of ketones is 1. The Kier molecular flexibility index (Phi) is 1.65. The van der Waals surface area contributed by atoms with Crippen LogP contribution in [-0.2, 0) is 0 Å². The summed E-state index contributed by atoms with van der Waals surface area (Å²) in [5.74, 6) is 0.0539. The molecule has 1 aromatic heterocycles. The van der Waals surface area contributed by atoms with Gasteiger partial charge in [0.15, 0.2) is 0 Å². The summed E-state index contributed by atoms with van der Waals surface area (Å²) < 4.78 is 0.755. The molecule has 0 saturated heterocycles. The second-order valence-electron chi connectivity index (χ2n) is 2.73. The van der Waals surface area contributed by atoms with E-state index < -0.39 is 0 Å². The van der Waals surface area contributed by atoms with Gasteiger partial charge in [-0.2, -0.15) is 0 Å². The summed E-state index contributed by atoms with van der Waals surface area (Å²) >= 11 is 3.31. The highest BCUT2D eigenvalue weighted by Gasteiger charge is 2.25. The monoisotopic (exact) mass is 226 g/mol. The van der Waals surface area contributed by atoms with Gasteiger partial charge >= 0.3 is 0 Å². The molecule has 0 bridgehead atoms. The molecule has 4 heteroatoms. The van der Waals surface area contributed by atoms with Gasteiger partial charge in [-0.15, -0.1) is 0 Å². The van der Waals surface area contributed by atoms with E-state index in [1.807, 2.05) is 6.07 Å². The minimum Gasteiger partial charge on any atom is -0.358 e. The fourth-order valence-electron chi connectivity index (χ4n) is 1.25. The van der Waals surface area contributed by atoms with E-state index in [2.05, 4.69) is 25.9 Å². The Morgan fingerprint density at radius 1 is 1.67 bits per heavy atom. The standard InChI is InChI=1S/C8H7BrN2O/c1-4-7(12)6-5(2-3-10-6)8(9)11-4/h2-4,10H,1H3. The van der Waals surface area contributed by atoms with Crippen molar-refractivity contribution in [2.24, 2.45) is 4.99 Å². The Morgan fingerprint density at radius 3 is 3.17 bits per heavy atom. The number of carbonyl (C=O) groups excluding carboxylic acids is 1. The number of nitrogens with one attached hydrogen (secondary N) is 1. The Balaban J connectivity index is 2.62. The van der Waals surface area contributed by atoms with Crippen LogP contribution >= 0.6 is 15.9 Å². The van der Waals surface area contributed by atoms with E-state index in [0.717, 1.165) is 10.2 Å². The van der Waals surface area contributed by atoms with Crippen molar-refractivity contribution >= 4 is 26.3 Å². The molecule has 1 atom stereocenters. The summed E-state index contributed by atoms with van der Waals surface area (Å²) in [6.45, 7) is 1.79. The third-order valence-corrected chi connectivity index (χ3v) is 2.53. The van der Waals surface area contributed by atoms with Crippen molar-refractivity contribution in [3.63, 3.8) is 0 Å². The van der Waals surface area contributed by atoms with E-state index in [1.165, 1.54) is 0 Å². The van der Waals surface area contributed by atoms with Crippen molar-refractivity contribution in [3.8, 4) is 0 Å². The van der Waals surface area contributed by atoms with Gasteiger partial charge in [0.2, 0.25) is 5.78 Å². The number of hydrogen-bond donors (Lipinski definition) is 1. The molecule has 0 spiro atoms. The highest BCUT2D eigenvalue weighted by atomic mass is 79.9. The van der Waals surface area contributed by atoms with Crippen molar-refractivity contribution in [1.82, 2.24) is 4.98 Å². The van der Waals surface area contributed by atoms with Crippen molar-refractivity contribution in [1.29, 1.82) is 0 Å². The molecule has 1 N–H and O–H groups in total. The van der Waals surface area contributed by atoms with Crippen LogP contribution in [0.5, 0.6) is 0 Å². The molecule has 2 heterocycles. The lowest BCUT2D eigenvalue weighted by Gasteiger charge is -2.12. The first-order valence-electron chi connectivity index (χ1n) is 3.65. The quantitative estimate of drug-likeness (QED) is 0.720. The zero-order valence-corrected chi connectivity index (χ0v) is 8.05. The molecule has 2 rings (SSSR count). The van der Waals surface area contributed by atoms with E-state index in [9.17, 15) is 4.79 Å². The fraction of sp³-hybridized carbons (Fsp3) is 0.250. The van der Waals surface area contributed by atoms with Gasteiger partial charge in [0.25, 0.3) is 0 Å². The summed E-state index contributed by atoms with van der Waals surface area (Å²) in [5, 5.41) is 0. The molecule has 0 aliphatic carbocycles. The summed E-state index contributed by atoms with van der Waals surface area (Å²) in [5.41, 5.74) is 1.52. The number of fused-ring (bicyclic) bond motifs is 1. The summed E-state index contributed by atoms with van der Waals surface area (Å²) in [7, 11) is 0. The molecule has 0 radical (unpaired) electrons. The van der Waals surface area contributed by atoms with Crippen LogP contribution in [-0.4, -0.2) is 21.4 Å². The van der Waals surface area contributed by atoms with Crippen molar-refractivity contribution in [2.75, 3.05) is 0 Å². The van der Waals surface area contributed by atoms with Crippen LogP contribution < -0.4 is 0 Å². The summed E-state index contributed by atoms with van der Waals surface area (Å²) in [6.07, 6.45) is 1.75. The second-order valence-corrected chi connectivity index (χ2v) is 3.48. The number of Topliss-reactive ketones (excluding diaryl/α,β-unsaturated/α-hetero) is 1. The number of rotatable bonds is 0. The minimum atomic E-state index is -0.273. The van der Waals surface area contributed by atoms with E-state index in [0.29, 0.717) is 5.69 Å². The molecule has 1 aliphatic heterocycles. The van der Waals surface area contributed by atoms with Gasteiger partial charge in [0.1, 0.15) is 10.7 Å². The van der Waals surface area contributed by atoms with Gasteiger partial charge in [-0.3, -0.25) is 9.79 Å². The molecule has 12 heavy (non-hydrogen) atoms. The number of halogens is 1. The number of nitrogens with zero attached hydrogens (tertiary/aromatic N) is 1. The molecular weight excluding hydrogens is 220 g/mol. The fourth-order valence-corrected chi connectivity index (χ4v) is 1.89. The minimum absolute atomic E-state index is 0.0539. The highest BCUT2D eigenvalue weighted by molar-refractivity contribution is 9.18. The summed E-state index contributed by atoms with van der Waals surface area (Å²) in [6, 6.07) is 1.57. The van der Waals surface area contributed by atoms with Gasteiger partial charge in [0.05, 0.1) is 5.69 Å². The normalized spacial score (nSPS) is 22.0. The molecule has 1 unspecified atom stereocenters. The lowest BCUT2D eigenvalue weighted by atomic mass is 10.1. The SMILES string of the molecule is CC1N=C(Br)c2cc[nH]c2C1=O. The topological polar surface area (TPSA) is 45.2 Å². The number of aliphatic imine (C=N–C) groups is 1. The van der Waals surface area contributed by atoms with E-state index in [4.69, 9.17) is 0 Å². The van der Waals surface area contributed by atoms with Gasteiger partial charge in [0, 0.05) is 11.8 Å². The predicted molar refractivity (Wildman–Crippen MR) is 50.0 cm³/mol. The van der Waals surface area contributed by atoms with Crippen LogP contribution in [0.1, 0.15) is 23.0 Å². The molecule has 0 aromatic carbocycles. The zero-order valence-electron chi connectivity index (χ0n) is 6.47. The van der Waals surface area contributed by atoms with Crippen molar-refractivity contribution in [2.45, 2.75) is 13.0 Å². The maximum atomic E-state index is 11.5. The van der Waals surface area contributed by atoms with Gasteiger partial charge in [-0.25, -0.2) is 0 Å². The third-order valence-electron chi connectivity index (χ3n) is 1.90. The largest absolute Gasteiger partial charge is 0.358 e. The lowest BCUT2D eigenvalue weighted by Crippen LogP contribution is -2.23. The smallest absolute Gasteiger partial charge is 0.203 e. The van der Waals surface area contributed by atoms with Crippen LogP contribution in [0.2, 0.25) is 0 Å². The number of hydrogen-bond acceptors (Lipinski definition) is 2. The number of aromatic nitrogens is 1. The lowest BCUT2D eigenvalue weighted by molar-refractivity contribution is 0.0962. The van der Waals surface area contributed by atoms with Crippen molar-refractivity contribution in [3.05, 3.63) is 23.5 Å². The molecule has 0 amide bonds. The summed E-state index contributed by atoms with van der Waals surface area (Å²) in [4.78, 5) is 18.5. The number of aromatic amines is 1. The van der Waals surface area contributed by atoms with E-state index in [-0.39, 0.29) is 11.8 Å². The molecule has 1 aliphatic rings. The Bertz CT molecular complexity index is 367. The second kappa shape index (κ2) is 2.55. The Morgan fingerprint density at radius 2 is 2.42 bits per heavy atom. The Labute approximate surface area is 78.0 Å². The maximum absolute atomic E-state index is 11.5. The molecular formula is C8H7BrN2O. The Hall–Kier alpha value is -0.900. The molecule has 3 nitrogen and oxygen atoms in total. The van der Waals surface area contributed by atoms with Crippen LogP contribution in [0.15, 0.2) is 17.3 Å². The van der Waals surface area contributed by atoms with Crippen LogP contribution in [0, 0.1) is 0 Å². The first kappa shape index (κ1) is 7.73. The molecule has 1 aromatic rings. The van der Waals surface area contributed by atoms with Gasteiger partial charge in [-0.05, 0) is 28.9 Å². The predicted octanol–water partition coefficient (Wildman–Crippen LogP) is 1.74. The van der Waals surface area contributed by atoms with Crippen LogP contribution in [0.3, 0.4) is 0 Å².